The van der Waals surface area contributed by atoms with E-state index in [2.05, 4.69) is 21.6 Å². The monoisotopic (exact) mass is 558 g/mol. The molecule has 0 saturated carbocycles. The Hall–Kier alpha value is -3.99. The van der Waals surface area contributed by atoms with Crippen molar-refractivity contribution in [3.8, 4) is 11.5 Å². The SMILES string of the molecule is NC(=O)c1ccc2c(c1)OC(c1ccc(F)cc1NC(=O)c1sc3ccccc3c1CN1C[C@@H]3C[C@H]1CN3)CO2. The van der Waals surface area contributed by atoms with Crippen molar-refractivity contribution in [2.24, 2.45) is 5.73 Å². The molecular weight excluding hydrogens is 531 g/mol. The number of primary amides is 1. The normalized spacial score (nSPS) is 21.6. The van der Waals surface area contributed by atoms with Gasteiger partial charge < -0.3 is 25.8 Å². The van der Waals surface area contributed by atoms with E-state index in [4.69, 9.17) is 15.2 Å². The van der Waals surface area contributed by atoms with Crippen LogP contribution in [0.5, 0.6) is 11.5 Å². The highest BCUT2D eigenvalue weighted by Crippen LogP contribution is 2.40. The van der Waals surface area contributed by atoms with Crippen LogP contribution in [-0.2, 0) is 6.54 Å². The number of halogens is 1. The molecule has 2 amide bonds. The van der Waals surface area contributed by atoms with Gasteiger partial charge in [-0.3, -0.25) is 14.5 Å². The second-order valence-corrected chi connectivity index (χ2v) is 11.5. The number of hydrogen-bond acceptors (Lipinski definition) is 7. The molecule has 40 heavy (non-hydrogen) atoms. The van der Waals surface area contributed by atoms with Gasteiger partial charge in [-0.25, -0.2) is 4.39 Å². The van der Waals surface area contributed by atoms with Crippen LogP contribution >= 0.6 is 11.3 Å². The fourth-order valence-electron chi connectivity index (χ4n) is 5.96. The minimum Gasteiger partial charge on any atom is -0.485 e. The average molecular weight is 559 g/mol. The fraction of sp³-hybridized carbons (Fsp3) is 0.267. The summed E-state index contributed by atoms with van der Waals surface area (Å²) < 4.78 is 27.5. The van der Waals surface area contributed by atoms with E-state index in [0.717, 1.165) is 35.2 Å². The van der Waals surface area contributed by atoms with E-state index in [9.17, 15) is 14.0 Å². The van der Waals surface area contributed by atoms with Crippen LogP contribution in [0.4, 0.5) is 10.1 Å². The Morgan fingerprint density at radius 2 is 2.00 bits per heavy atom. The van der Waals surface area contributed by atoms with Crippen molar-refractivity contribution in [3.63, 3.8) is 0 Å². The molecule has 4 N–H and O–H groups in total. The molecule has 1 unspecified atom stereocenters. The molecule has 1 aromatic heterocycles. The second kappa shape index (κ2) is 9.88. The van der Waals surface area contributed by atoms with E-state index >= 15 is 0 Å². The van der Waals surface area contributed by atoms with E-state index in [-0.39, 0.29) is 18.1 Å². The van der Waals surface area contributed by atoms with Gasteiger partial charge >= 0.3 is 0 Å². The largest absolute Gasteiger partial charge is 0.485 e. The third-order valence-corrected chi connectivity index (χ3v) is 9.15. The summed E-state index contributed by atoms with van der Waals surface area (Å²) in [6, 6.07) is 17.9. The van der Waals surface area contributed by atoms with Crippen LogP contribution in [0, 0.1) is 5.82 Å². The van der Waals surface area contributed by atoms with Crippen molar-refractivity contribution < 1.29 is 23.5 Å². The third-order valence-electron chi connectivity index (χ3n) is 7.93. The standard InChI is InChI=1S/C30H27FN4O4S/c31-17-6-7-21(26-15-38-24-8-5-16(29(32)36)9-25(24)39-26)23(10-17)34-30(37)28-22(20-3-1-2-4-27(20)40-28)14-35-13-18-11-19(35)12-33-18/h1-10,18-19,26,33H,11-15H2,(H2,32,36)(H,34,37)/t18-,19-,26?/m0/s1. The predicted octanol–water partition coefficient (Wildman–Crippen LogP) is 4.45. The summed E-state index contributed by atoms with van der Waals surface area (Å²) in [4.78, 5) is 28.5. The van der Waals surface area contributed by atoms with Gasteiger partial charge in [0.2, 0.25) is 5.91 Å². The number of nitrogens with one attached hydrogen (secondary N) is 2. The molecule has 0 aliphatic carbocycles. The van der Waals surface area contributed by atoms with Gasteiger partial charge in [0.15, 0.2) is 17.6 Å². The maximum absolute atomic E-state index is 14.5. The average Bonchev–Trinajstić information content (AvgIpc) is 3.68. The minimum absolute atomic E-state index is 0.150. The Labute approximate surface area is 233 Å². The van der Waals surface area contributed by atoms with Crippen LogP contribution in [0.3, 0.4) is 0 Å². The molecule has 0 spiro atoms. The molecule has 4 aromatic rings. The van der Waals surface area contributed by atoms with E-state index in [1.807, 2.05) is 18.2 Å². The number of thiophene rings is 1. The smallest absolute Gasteiger partial charge is 0.266 e. The number of hydrogen-bond donors (Lipinski definition) is 3. The number of anilines is 1. The first-order valence-corrected chi connectivity index (χ1v) is 14.1. The van der Waals surface area contributed by atoms with Crippen molar-refractivity contribution in [3.05, 3.63) is 88.0 Å². The molecule has 2 bridgehead atoms. The Bertz CT molecular complexity index is 1660. The van der Waals surface area contributed by atoms with Gasteiger partial charge in [0.1, 0.15) is 12.4 Å². The first kappa shape index (κ1) is 25.0. The molecule has 2 saturated heterocycles. The van der Waals surface area contributed by atoms with Gasteiger partial charge in [-0.1, -0.05) is 24.3 Å². The quantitative estimate of drug-likeness (QED) is 0.323. The zero-order valence-corrected chi connectivity index (χ0v) is 22.3. The molecule has 204 valence electrons. The number of rotatable bonds is 6. The van der Waals surface area contributed by atoms with Gasteiger partial charge in [-0.2, -0.15) is 0 Å². The summed E-state index contributed by atoms with van der Waals surface area (Å²) >= 11 is 1.45. The number of ether oxygens (including phenoxy) is 2. The molecule has 3 atom stereocenters. The summed E-state index contributed by atoms with van der Waals surface area (Å²) in [5, 5.41) is 7.57. The molecule has 4 heterocycles. The van der Waals surface area contributed by atoms with E-state index in [1.54, 1.807) is 18.2 Å². The van der Waals surface area contributed by atoms with E-state index in [0.29, 0.717) is 46.3 Å². The number of carbonyl (C=O) groups is 2. The minimum atomic E-state index is -0.638. The number of benzene rings is 3. The van der Waals surface area contributed by atoms with Gasteiger partial charge in [0, 0.05) is 47.5 Å². The van der Waals surface area contributed by atoms with Crippen LogP contribution in [-0.4, -0.2) is 48.5 Å². The number of nitrogens with two attached hydrogens (primary N) is 1. The fourth-order valence-corrected chi connectivity index (χ4v) is 7.07. The summed E-state index contributed by atoms with van der Waals surface area (Å²) in [6.45, 7) is 2.76. The Morgan fingerprint density at radius 3 is 2.80 bits per heavy atom. The highest BCUT2D eigenvalue weighted by molar-refractivity contribution is 7.21. The molecule has 8 nitrogen and oxygen atoms in total. The van der Waals surface area contributed by atoms with Crippen molar-refractivity contribution in [2.45, 2.75) is 31.2 Å². The molecule has 10 heteroatoms. The number of likely N-dealkylation sites (tertiary alicyclic amines) is 1. The number of nitrogens with zero attached hydrogens (tertiary/aromatic N) is 1. The third kappa shape index (κ3) is 4.47. The maximum Gasteiger partial charge on any atom is 0.266 e. The first-order valence-electron chi connectivity index (χ1n) is 13.2. The van der Waals surface area contributed by atoms with Crippen LogP contribution in [0.15, 0.2) is 60.7 Å². The van der Waals surface area contributed by atoms with Crippen molar-refractivity contribution >= 4 is 38.9 Å². The maximum atomic E-state index is 14.5. The lowest BCUT2D eigenvalue weighted by Gasteiger charge is -2.28. The van der Waals surface area contributed by atoms with E-state index < -0.39 is 17.8 Å². The lowest BCUT2D eigenvalue weighted by molar-refractivity contribution is 0.0903. The van der Waals surface area contributed by atoms with Crippen LogP contribution in [0.1, 0.15) is 43.7 Å². The van der Waals surface area contributed by atoms with Gasteiger partial charge in [-0.15, -0.1) is 11.3 Å². The Morgan fingerprint density at radius 1 is 1.12 bits per heavy atom. The van der Waals surface area contributed by atoms with Crippen molar-refractivity contribution in [1.29, 1.82) is 0 Å². The molecule has 3 aliphatic rings. The number of piperazine rings is 1. The Kier molecular flexibility index (Phi) is 6.18. The van der Waals surface area contributed by atoms with Crippen LogP contribution in [0.25, 0.3) is 10.1 Å². The van der Waals surface area contributed by atoms with Crippen LogP contribution < -0.4 is 25.8 Å². The summed E-state index contributed by atoms with van der Waals surface area (Å²) in [5.74, 6) is -0.520. The number of fused-ring (bicyclic) bond motifs is 4. The number of amides is 2. The molecule has 3 aliphatic heterocycles. The lowest BCUT2D eigenvalue weighted by atomic mass is 10.0. The molecule has 7 rings (SSSR count). The molecule has 3 aromatic carbocycles. The molecular formula is C30H27FN4O4S. The first-order chi connectivity index (χ1) is 19.4. The van der Waals surface area contributed by atoms with E-state index in [1.165, 1.54) is 29.5 Å². The zero-order chi connectivity index (χ0) is 27.4. The predicted molar refractivity (Wildman–Crippen MR) is 151 cm³/mol. The summed E-state index contributed by atoms with van der Waals surface area (Å²) in [7, 11) is 0. The zero-order valence-electron chi connectivity index (χ0n) is 21.5. The summed E-state index contributed by atoms with van der Waals surface area (Å²) in [6.07, 6.45) is 0.491. The summed E-state index contributed by atoms with van der Waals surface area (Å²) in [5.41, 5.74) is 7.58. The van der Waals surface area contributed by atoms with Crippen molar-refractivity contribution in [2.75, 3.05) is 25.0 Å². The topological polar surface area (TPSA) is 106 Å². The van der Waals surface area contributed by atoms with Gasteiger partial charge in [-0.05, 0) is 53.8 Å². The highest BCUT2D eigenvalue weighted by atomic mass is 32.1. The van der Waals surface area contributed by atoms with Crippen molar-refractivity contribution in [1.82, 2.24) is 10.2 Å². The highest BCUT2D eigenvalue weighted by Gasteiger charge is 2.38. The molecule has 0 radical (unpaired) electrons. The second-order valence-electron chi connectivity index (χ2n) is 10.5. The van der Waals surface area contributed by atoms with Gasteiger partial charge in [0.05, 0.1) is 10.6 Å². The van der Waals surface area contributed by atoms with Crippen LogP contribution in [0.2, 0.25) is 0 Å². The molecule has 2 fully saturated rings. The Balaban J connectivity index is 1.19. The number of carbonyl (C=O) groups excluding carboxylic acids is 2. The lowest BCUT2D eigenvalue weighted by Crippen LogP contribution is -2.43. The van der Waals surface area contributed by atoms with Gasteiger partial charge in [0.25, 0.3) is 5.91 Å².